The molecule has 0 bridgehead atoms. The monoisotopic (exact) mass is 275 g/mol. The molecule has 0 amide bonds. The van der Waals surface area contributed by atoms with Crippen molar-refractivity contribution in [3.8, 4) is 5.69 Å². The van der Waals surface area contributed by atoms with Crippen molar-refractivity contribution in [3.05, 3.63) is 47.0 Å². The summed E-state index contributed by atoms with van der Waals surface area (Å²) >= 11 is 6.23. The van der Waals surface area contributed by atoms with Gasteiger partial charge in [-0.05, 0) is 50.6 Å². The number of hydrogen-bond donors (Lipinski definition) is 1. The Balaban J connectivity index is 2.01. The van der Waals surface area contributed by atoms with Crippen LogP contribution in [0, 0.1) is 6.92 Å². The molecule has 0 radical (unpaired) electrons. The third kappa shape index (κ3) is 2.40. The Morgan fingerprint density at radius 2 is 2.11 bits per heavy atom. The SMILES string of the molecule is Cc1c(Cl)cccc1-n1cncc1C1CCNCC1. The average molecular weight is 276 g/mol. The maximum Gasteiger partial charge on any atom is 0.0994 e. The lowest BCUT2D eigenvalue weighted by atomic mass is 9.94. The van der Waals surface area contributed by atoms with Crippen LogP contribution in [0.1, 0.15) is 30.0 Å². The van der Waals surface area contributed by atoms with Gasteiger partial charge in [0.2, 0.25) is 0 Å². The van der Waals surface area contributed by atoms with Gasteiger partial charge in [-0.1, -0.05) is 17.7 Å². The summed E-state index contributed by atoms with van der Waals surface area (Å²) in [4.78, 5) is 4.34. The summed E-state index contributed by atoms with van der Waals surface area (Å²) in [5, 5.41) is 4.21. The van der Waals surface area contributed by atoms with Crippen LogP contribution in [0.3, 0.4) is 0 Å². The quantitative estimate of drug-likeness (QED) is 0.911. The Hall–Kier alpha value is -1.32. The summed E-state index contributed by atoms with van der Waals surface area (Å²) in [5.74, 6) is 0.585. The van der Waals surface area contributed by atoms with E-state index in [1.54, 1.807) is 0 Å². The first-order valence-electron chi connectivity index (χ1n) is 6.76. The molecule has 1 aromatic carbocycles. The second kappa shape index (κ2) is 5.35. The largest absolute Gasteiger partial charge is 0.317 e. The molecule has 19 heavy (non-hydrogen) atoms. The van der Waals surface area contributed by atoms with Gasteiger partial charge in [0.1, 0.15) is 0 Å². The fraction of sp³-hybridized carbons (Fsp3) is 0.400. The Labute approximate surface area is 118 Å². The zero-order valence-electron chi connectivity index (χ0n) is 11.1. The number of imidazole rings is 1. The van der Waals surface area contributed by atoms with E-state index < -0.39 is 0 Å². The van der Waals surface area contributed by atoms with Crippen molar-refractivity contribution in [3.63, 3.8) is 0 Å². The van der Waals surface area contributed by atoms with E-state index in [0.717, 1.165) is 29.4 Å². The van der Waals surface area contributed by atoms with Gasteiger partial charge in [-0.25, -0.2) is 4.98 Å². The van der Waals surface area contributed by atoms with Gasteiger partial charge in [0.05, 0.1) is 12.0 Å². The van der Waals surface area contributed by atoms with Gasteiger partial charge < -0.3 is 9.88 Å². The molecular formula is C15H18ClN3. The zero-order valence-corrected chi connectivity index (χ0v) is 11.8. The molecule has 0 spiro atoms. The Morgan fingerprint density at radius 1 is 1.32 bits per heavy atom. The molecule has 0 aliphatic carbocycles. The first kappa shape index (κ1) is 12.7. The highest BCUT2D eigenvalue weighted by molar-refractivity contribution is 6.31. The van der Waals surface area contributed by atoms with Crippen molar-refractivity contribution >= 4 is 11.6 Å². The van der Waals surface area contributed by atoms with E-state index >= 15 is 0 Å². The molecule has 0 unspecified atom stereocenters. The van der Waals surface area contributed by atoms with Gasteiger partial charge in [0, 0.05) is 22.8 Å². The van der Waals surface area contributed by atoms with E-state index in [4.69, 9.17) is 11.6 Å². The molecule has 1 fully saturated rings. The Bertz CT molecular complexity index is 571. The molecule has 1 aromatic heterocycles. The topological polar surface area (TPSA) is 29.9 Å². The second-order valence-electron chi connectivity index (χ2n) is 5.10. The summed E-state index contributed by atoms with van der Waals surface area (Å²) in [5.41, 5.74) is 3.54. The Morgan fingerprint density at radius 3 is 2.89 bits per heavy atom. The van der Waals surface area contributed by atoms with Crippen molar-refractivity contribution in [2.45, 2.75) is 25.7 Å². The molecule has 2 heterocycles. The molecule has 100 valence electrons. The van der Waals surface area contributed by atoms with Gasteiger partial charge in [0.15, 0.2) is 0 Å². The van der Waals surface area contributed by atoms with Gasteiger partial charge in [-0.2, -0.15) is 0 Å². The molecular weight excluding hydrogens is 258 g/mol. The van der Waals surface area contributed by atoms with Gasteiger partial charge in [-0.15, -0.1) is 0 Å². The number of nitrogens with one attached hydrogen (secondary N) is 1. The van der Waals surface area contributed by atoms with Crippen LogP contribution < -0.4 is 5.32 Å². The van der Waals surface area contributed by atoms with Crippen LogP contribution >= 0.6 is 11.6 Å². The maximum atomic E-state index is 6.23. The summed E-state index contributed by atoms with van der Waals surface area (Å²) in [6, 6.07) is 6.03. The number of halogens is 1. The zero-order chi connectivity index (χ0) is 13.2. The van der Waals surface area contributed by atoms with Crippen molar-refractivity contribution in [2.75, 3.05) is 13.1 Å². The minimum absolute atomic E-state index is 0.585. The van der Waals surface area contributed by atoms with Crippen LogP contribution in [0.2, 0.25) is 5.02 Å². The second-order valence-corrected chi connectivity index (χ2v) is 5.50. The highest BCUT2D eigenvalue weighted by Gasteiger charge is 2.20. The first-order chi connectivity index (χ1) is 9.27. The van der Waals surface area contributed by atoms with Gasteiger partial charge >= 0.3 is 0 Å². The Kier molecular flexibility index (Phi) is 3.58. The number of hydrogen-bond acceptors (Lipinski definition) is 2. The fourth-order valence-electron chi connectivity index (χ4n) is 2.78. The molecule has 0 saturated carbocycles. The smallest absolute Gasteiger partial charge is 0.0994 e. The standard InChI is InChI=1S/C15H18ClN3/c1-11-13(16)3-2-4-14(11)19-10-18-9-15(19)12-5-7-17-8-6-12/h2-4,9-10,12,17H,5-8H2,1H3. The van der Waals surface area contributed by atoms with Crippen molar-refractivity contribution in [1.29, 1.82) is 0 Å². The van der Waals surface area contributed by atoms with Crippen LogP contribution in [-0.4, -0.2) is 22.6 Å². The van der Waals surface area contributed by atoms with E-state index in [1.165, 1.54) is 18.5 Å². The predicted octanol–water partition coefficient (Wildman–Crippen LogP) is 3.30. The van der Waals surface area contributed by atoms with Gasteiger partial charge in [0.25, 0.3) is 0 Å². The van der Waals surface area contributed by atoms with E-state index in [-0.39, 0.29) is 0 Å². The summed E-state index contributed by atoms with van der Waals surface area (Å²) in [7, 11) is 0. The molecule has 1 aliphatic rings. The van der Waals surface area contributed by atoms with E-state index in [2.05, 4.69) is 27.9 Å². The molecule has 1 N–H and O–H groups in total. The van der Waals surface area contributed by atoms with Crippen LogP contribution in [0.5, 0.6) is 0 Å². The molecule has 2 aromatic rings. The fourth-order valence-corrected chi connectivity index (χ4v) is 2.95. The molecule has 3 rings (SSSR count). The summed E-state index contributed by atoms with van der Waals surface area (Å²) < 4.78 is 2.19. The maximum absolute atomic E-state index is 6.23. The third-order valence-corrected chi connectivity index (χ3v) is 4.33. The summed E-state index contributed by atoms with van der Waals surface area (Å²) in [6.07, 6.45) is 6.24. The lowest BCUT2D eigenvalue weighted by Crippen LogP contribution is -2.27. The molecule has 1 saturated heterocycles. The van der Waals surface area contributed by atoms with Crippen LogP contribution in [0.25, 0.3) is 5.69 Å². The van der Waals surface area contributed by atoms with Crippen LogP contribution in [0.4, 0.5) is 0 Å². The minimum Gasteiger partial charge on any atom is -0.317 e. The van der Waals surface area contributed by atoms with E-state index in [1.807, 2.05) is 24.7 Å². The third-order valence-electron chi connectivity index (χ3n) is 3.92. The molecule has 3 nitrogen and oxygen atoms in total. The highest BCUT2D eigenvalue weighted by Crippen LogP contribution is 2.29. The summed E-state index contributed by atoms with van der Waals surface area (Å²) in [6.45, 7) is 4.23. The normalized spacial score (nSPS) is 16.7. The lowest BCUT2D eigenvalue weighted by Gasteiger charge is -2.24. The van der Waals surface area contributed by atoms with Gasteiger partial charge in [-0.3, -0.25) is 0 Å². The number of aromatic nitrogens is 2. The average Bonchev–Trinajstić information content (AvgIpc) is 2.92. The molecule has 0 atom stereocenters. The van der Waals surface area contributed by atoms with E-state index in [0.29, 0.717) is 5.92 Å². The van der Waals surface area contributed by atoms with Crippen molar-refractivity contribution in [2.24, 2.45) is 0 Å². The predicted molar refractivity (Wildman–Crippen MR) is 78.2 cm³/mol. The number of benzene rings is 1. The lowest BCUT2D eigenvalue weighted by molar-refractivity contribution is 0.449. The van der Waals surface area contributed by atoms with Crippen LogP contribution in [-0.2, 0) is 0 Å². The number of rotatable bonds is 2. The number of nitrogens with zero attached hydrogens (tertiary/aromatic N) is 2. The van der Waals surface area contributed by atoms with E-state index in [9.17, 15) is 0 Å². The highest BCUT2D eigenvalue weighted by atomic mass is 35.5. The number of piperidine rings is 1. The van der Waals surface area contributed by atoms with Crippen molar-refractivity contribution in [1.82, 2.24) is 14.9 Å². The molecule has 1 aliphatic heterocycles. The molecule has 4 heteroatoms. The minimum atomic E-state index is 0.585. The van der Waals surface area contributed by atoms with Crippen molar-refractivity contribution < 1.29 is 0 Å². The van der Waals surface area contributed by atoms with Crippen LogP contribution in [0.15, 0.2) is 30.7 Å². The first-order valence-corrected chi connectivity index (χ1v) is 7.13.